The van der Waals surface area contributed by atoms with Crippen LogP contribution in [0.15, 0.2) is 48.5 Å². The van der Waals surface area contributed by atoms with Gasteiger partial charge in [-0.15, -0.1) is 0 Å². The molecule has 0 aliphatic heterocycles. The SMILES string of the molecule is CC(Oc1ccc(C#N)cc1)C(=O)NNC(=O)c1ccccc1Cl. The van der Waals surface area contributed by atoms with Gasteiger partial charge in [-0.25, -0.2) is 0 Å². The van der Waals surface area contributed by atoms with Crippen molar-refractivity contribution in [2.45, 2.75) is 13.0 Å². The van der Waals surface area contributed by atoms with Crippen molar-refractivity contribution in [3.8, 4) is 11.8 Å². The Labute approximate surface area is 144 Å². The summed E-state index contributed by atoms with van der Waals surface area (Å²) >= 11 is 5.91. The van der Waals surface area contributed by atoms with Crippen LogP contribution in [-0.4, -0.2) is 17.9 Å². The molecule has 7 heteroatoms. The zero-order valence-electron chi connectivity index (χ0n) is 12.7. The van der Waals surface area contributed by atoms with Crippen LogP contribution in [-0.2, 0) is 4.79 Å². The normalized spacial score (nSPS) is 11.0. The fourth-order valence-electron chi connectivity index (χ4n) is 1.80. The predicted molar refractivity (Wildman–Crippen MR) is 88.3 cm³/mol. The Balaban J connectivity index is 1.88. The summed E-state index contributed by atoms with van der Waals surface area (Å²) in [5, 5.41) is 9.01. The van der Waals surface area contributed by atoms with Gasteiger partial charge in [-0.1, -0.05) is 23.7 Å². The van der Waals surface area contributed by atoms with Crippen molar-refractivity contribution in [2.24, 2.45) is 0 Å². The second kappa shape index (κ2) is 7.99. The van der Waals surface area contributed by atoms with Crippen LogP contribution in [0.3, 0.4) is 0 Å². The Hall–Kier alpha value is -3.04. The van der Waals surface area contributed by atoms with Crippen LogP contribution in [0.5, 0.6) is 5.75 Å². The second-order valence-electron chi connectivity index (χ2n) is 4.82. The van der Waals surface area contributed by atoms with E-state index in [1.165, 1.54) is 6.92 Å². The molecule has 0 heterocycles. The van der Waals surface area contributed by atoms with Crippen molar-refractivity contribution in [3.05, 3.63) is 64.7 Å². The molecular weight excluding hydrogens is 330 g/mol. The van der Waals surface area contributed by atoms with Crippen LogP contribution >= 0.6 is 11.6 Å². The fraction of sp³-hybridized carbons (Fsp3) is 0.118. The maximum absolute atomic E-state index is 12.0. The lowest BCUT2D eigenvalue weighted by Crippen LogP contribution is -2.47. The van der Waals surface area contributed by atoms with Crippen LogP contribution in [0, 0.1) is 11.3 Å². The van der Waals surface area contributed by atoms with Gasteiger partial charge >= 0.3 is 0 Å². The summed E-state index contributed by atoms with van der Waals surface area (Å²) in [6, 6.07) is 14.8. The highest BCUT2D eigenvalue weighted by molar-refractivity contribution is 6.33. The van der Waals surface area contributed by atoms with Crippen molar-refractivity contribution in [2.75, 3.05) is 0 Å². The number of nitrogens with one attached hydrogen (secondary N) is 2. The predicted octanol–water partition coefficient (Wildman–Crippen LogP) is 2.44. The van der Waals surface area contributed by atoms with Crippen molar-refractivity contribution in [3.63, 3.8) is 0 Å². The number of hydrazine groups is 1. The molecule has 0 aliphatic carbocycles. The maximum atomic E-state index is 12.0. The van der Waals surface area contributed by atoms with E-state index in [1.807, 2.05) is 6.07 Å². The average Bonchev–Trinajstić information content (AvgIpc) is 2.60. The zero-order chi connectivity index (χ0) is 17.5. The van der Waals surface area contributed by atoms with Gasteiger partial charge in [0.05, 0.1) is 22.2 Å². The van der Waals surface area contributed by atoms with E-state index in [-0.39, 0.29) is 10.6 Å². The van der Waals surface area contributed by atoms with Crippen molar-refractivity contribution in [1.29, 1.82) is 5.26 Å². The molecule has 122 valence electrons. The summed E-state index contributed by atoms with van der Waals surface area (Å²) in [5.74, 6) is -0.617. The number of rotatable bonds is 4. The van der Waals surface area contributed by atoms with Crippen LogP contribution in [0.4, 0.5) is 0 Å². The summed E-state index contributed by atoms with van der Waals surface area (Å²) in [6.45, 7) is 1.54. The molecule has 0 saturated heterocycles. The average molecular weight is 344 g/mol. The van der Waals surface area contributed by atoms with Crippen LogP contribution in [0.1, 0.15) is 22.8 Å². The number of nitriles is 1. The molecule has 6 nitrogen and oxygen atoms in total. The number of carbonyl (C=O) groups excluding carboxylic acids is 2. The van der Waals surface area contributed by atoms with E-state index in [0.29, 0.717) is 11.3 Å². The molecule has 1 unspecified atom stereocenters. The Bertz CT molecular complexity index is 784. The third-order valence-electron chi connectivity index (χ3n) is 3.08. The number of hydrogen-bond donors (Lipinski definition) is 2. The molecule has 0 aromatic heterocycles. The number of ether oxygens (including phenoxy) is 1. The van der Waals surface area contributed by atoms with E-state index < -0.39 is 17.9 Å². The first kappa shape index (κ1) is 17.3. The third-order valence-corrected chi connectivity index (χ3v) is 3.41. The molecule has 0 fully saturated rings. The van der Waals surface area contributed by atoms with Gasteiger partial charge in [0.15, 0.2) is 6.10 Å². The molecule has 0 spiro atoms. The molecule has 2 rings (SSSR count). The summed E-state index contributed by atoms with van der Waals surface area (Å²) in [4.78, 5) is 23.9. The van der Waals surface area contributed by atoms with Gasteiger partial charge < -0.3 is 4.74 Å². The van der Waals surface area contributed by atoms with Gasteiger partial charge in [-0.2, -0.15) is 5.26 Å². The largest absolute Gasteiger partial charge is 0.481 e. The highest BCUT2D eigenvalue weighted by atomic mass is 35.5. The van der Waals surface area contributed by atoms with Gasteiger partial charge in [-0.05, 0) is 43.3 Å². The monoisotopic (exact) mass is 343 g/mol. The van der Waals surface area contributed by atoms with Crippen molar-refractivity contribution >= 4 is 23.4 Å². The van der Waals surface area contributed by atoms with Crippen LogP contribution < -0.4 is 15.6 Å². The Kier molecular flexibility index (Phi) is 5.77. The molecule has 0 aliphatic rings. The minimum atomic E-state index is -0.843. The first-order chi connectivity index (χ1) is 11.5. The molecule has 0 saturated carbocycles. The number of halogens is 1. The van der Waals surface area contributed by atoms with Crippen molar-refractivity contribution in [1.82, 2.24) is 10.9 Å². The quantitative estimate of drug-likeness (QED) is 0.834. The van der Waals surface area contributed by atoms with Gasteiger partial charge in [0, 0.05) is 0 Å². The van der Waals surface area contributed by atoms with Crippen LogP contribution in [0.2, 0.25) is 5.02 Å². The minimum Gasteiger partial charge on any atom is -0.481 e. The van der Waals surface area contributed by atoms with Gasteiger partial charge in [-0.3, -0.25) is 20.4 Å². The first-order valence-electron chi connectivity index (χ1n) is 7.03. The molecule has 2 amide bonds. The van der Waals surface area contributed by atoms with E-state index in [1.54, 1.807) is 48.5 Å². The lowest BCUT2D eigenvalue weighted by atomic mass is 10.2. The molecule has 2 aromatic rings. The lowest BCUT2D eigenvalue weighted by Gasteiger charge is -2.15. The number of carbonyl (C=O) groups is 2. The first-order valence-corrected chi connectivity index (χ1v) is 7.40. The second-order valence-corrected chi connectivity index (χ2v) is 5.23. The molecule has 2 aromatic carbocycles. The van der Waals surface area contributed by atoms with E-state index in [2.05, 4.69) is 10.9 Å². The highest BCUT2D eigenvalue weighted by Gasteiger charge is 2.16. The smallest absolute Gasteiger partial charge is 0.279 e. The molecule has 1 atom stereocenters. The summed E-state index contributed by atoms with van der Waals surface area (Å²) in [5.41, 5.74) is 5.30. The highest BCUT2D eigenvalue weighted by Crippen LogP contribution is 2.15. The standard InChI is InChI=1S/C17H14ClN3O3/c1-11(24-13-8-6-12(10-19)7-9-13)16(22)20-21-17(23)14-4-2-3-5-15(14)18/h2-9,11H,1H3,(H,20,22)(H,21,23). The lowest BCUT2D eigenvalue weighted by molar-refractivity contribution is -0.128. The topological polar surface area (TPSA) is 91.2 Å². The van der Waals surface area contributed by atoms with Crippen molar-refractivity contribution < 1.29 is 14.3 Å². The van der Waals surface area contributed by atoms with E-state index in [9.17, 15) is 9.59 Å². The number of hydrogen-bond acceptors (Lipinski definition) is 4. The Morgan fingerprint density at radius 2 is 1.79 bits per heavy atom. The Morgan fingerprint density at radius 3 is 2.42 bits per heavy atom. The number of benzene rings is 2. The summed E-state index contributed by atoms with van der Waals surface area (Å²) in [6.07, 6.45) is -0.843. The summed E-state index contributed by atoms with van der Waals surface area (Å²) < 4.78 is 5.44. The van der Waals surface area contributed by atoms with Crippen LogP contribution in [0.25, 0.3) is 0 Å². The summed E-state index contributed by atoms with van der Waals surface area (Å²) in [7, 11) is 0. The molecule has 24 heavy (non-hydrogen) atoms. The molecule has 2 N–H and O–H groups in total. The third kappa shape index (κ3) is 4.48. The van der Waals surface area contributed by atoms with E-state index in [0.717, 1.165) is 0 Å². The Morgan fingerprint density at radius 1 is 1.12 bits per heavy atom. The number of amides is 2. The zero-order valence-corrected chi connectivity index (χ0v) is 13.5. The molecule has 0 bridgehead atoms. The maximum Gasteiger partial charge on any atom is 0.279 e. The van der Waals surface area contributed by atoms with E-state index in [4.69, 9.17) is 21.6 Å². The minimum absolute atomic E-state index is 0.250. The van der Waals surface area contributed by atoms with Gasteiger partial charge in [0.2, 0.25) is 0 Å². The van der Waals surface area contributed by atoms with E-state index >= 15 is 0 Å². The molecular formula is C17H14ClN3O3. The van der Waals surface area contributed by atoms with Gasteiger partial charge in [0.25, 0.3) is 11.8 Å². The molecule has 0 radical (unpaired) electrons. The number of nitrogens with zero attached hydrogens (tertiary/aromatic N) is 1. The van der Waals surface area contributed by atoms with Gasteiger partial charge in [0.1, 0.15) is 5.75 Å². The fourth-order valence-corrected chi connectivity index (χ4v) is 2.02.